The summed E-state index contributed by atoms with van der Waals surface area (Å²) in [5.74, 6) is -1.58. The molecule has 42 heavy (non-hydrogen) atoms. The maximum atomic E-state index is 14.2. The Balaban J connectivity index is 1.35. The summed E-state index contributed by atoms with van der Waals surface area (Å²) in [5, 5.41) is 12.9. The first-order chi connectivity index (χ1) is 20.4. The summed E-state index contributed by atoms with van der Waals surface area (Å²) >= 11 is 0. The molecule has 0 saturated heterocycles. The van der Waals surface area contributed by atoms with Crippen LogP contribution in [0.3, 0.4) is 0 Å². The van der Waals surface area contributed by atoms with Gasteiger partial charge in [0.2, 0.25) is 5.91 Å². The van der Waals surface area contributed by atoms with E-state index >= 15 is 0 Å². The van der Waals surface area contributed by atoms with E-state index in [-0.39, 0.29) is 31.0 Å². The van der Waals surface area contributed by atoms with Gasteiger partial charge in [-0.15, -0.1) is 0 Å². The van der Waals surface area contributed by atoms with E-state index in [2.05, 4.69) is 11.9 Å². The minimum Gasteiger partial charge on any atom is -0.494 e. The van der Waals surface area contributed by atoms with E-state index in [1.807, 2.05) is 6.07 Å². The molecule has 2 N–H and O–H groups in total. The summed E-state index contributed by atoms with van der Waals surface area (Å²) in [5.41, 5.74) is 2.29. The van der Waals surface area contributed by atoms with Gasteiger partial charge in [0.15, 0.2) is 5.78 Å². The maximum Gasteiger partial charge on any atom is 0.326 e. The second-order valence-corrected chi connectivity index (χ2v) is 9.47. The van der Waals surface area contributed by atoms with E-state index in [0.717, 1.165) is 11.6 Å². The average Bonchev–Trinajstić information content (AvgIpc) is 3.02. The lowest BCUT2D eigenvalue weighted by atomic mass is 10.00. The number of halogens is 1. The normalized spacial score (nSPS) is 11.3. The minimum absolute atomic E-state index is 0.171. The van der Waals surface area contributed by atoms with Crippen molar-refractivity contribution in [3.63, 3.8) is 0 Å². The Morgan fingerprint density at radius 1 is 0.905 bits per heavy atom. The average molecular weight is 567 g/mol. The quantitative estimate of drug-likeness (QED) is 0.108. The number of anilines is 2. The van der Waals surface area contributed by atoms with Crippen LogP contribution >= 0.6 is 0 Å². The van der Waals surface area contributed by atoms with Gasteiger partial charge in [0.05, 0.1) is 12.3 Å². The molecule has 1 atom stereocenters. The molecule has 214 valence electrons. The van der Waals surface area contributed by atoms with Gasteiger partial charge in [0, 0.05) is 29.8 Å². The third-order valence-corrected chi connectivity index (χ3v) is 6.58. The van der Waals surface area contributed by atoms with Crippen molar-refractivity contribution in [1.29, 1.82) is 0 Å². The Morgan fingerprint density at radius 2 is 1.57 bits per heavy atom. The SMILES string of the molecule is C=CC(=O)N(CCCOc1ccc(CC(Nc2ccccc2C(=O)c2ccccc2)C(=O)O)cc1)c1ccccc1F. The van der Waals surface area contributed by atoms with E-state index in [0.29, 0.717) is 29.0 Å². The number of carboxylic acids is 1. The van der Waals surface area contributed by atoms with Crippen molar-refractivity contribution in [1.82, 2.24) is 0 Å². The van der Waals surface area contributed by atoms with Crippen molar-refractivity contribution in [2.45, 2.75) is 18.9 Å². The number of para-hydroxylation sites is 2. The number of nitrogens with zero attached hydrogens (tertiary/aromatic N) is 1. The molecule has 0 fully saturated rings. The lowest BCUT2D eigenvalue weighted by Crippen LogP contribution is -2.32. The standard InChI is InChI=1S/C34H31FN2O5/c1-2-32(38)37(31-16-9-7-14-28(31)35)21-10-22-42-26-19-17-24(18-20-26)23-30(34(40)41)36-29-15-8-6-13-27(29)33(39)25-11-4-3-5-12-25/h2-9,11-20,30,36H,1,10,21-23H2,(H,40,41). The molecule has 8 heteroatoms. The van der Waals surface area contributed by atoms with E-state index in [1.54, 1.807) is 84.9 Å². The summed E-state index contributed by atoms with van der Waals surface area (Å²) < 4.78 is 20.0. The molecule has 0 radical (unpaired) electrons. The highest BCUT2D eigenvalue weighted by atomic mass is 19.1. The number of nitrogens with one attached hydrogen (secondary N) is 1. The van der Waals surface area contributed by atoms with Crippen molar-refractivity contribution >= 4 is 29.0 Å². The van der Waals surface area contributed by atoms with Crippen molar-refractivity contribution < 1.29 is 28.6 Å². The Labute approximate surface area is 243 Å². The van der Waals surface area contributed by atoms with Gasteiger partial charge in [-0.05, 0) is 54.5 Å². The second-order valence-electron chi connectivity index (χ2n) is 9.47. The number of carboxylic acid groups (broad SMARTS) is 1. The fraction of sp³-hybridized carbons (Fsp3) is 0.147. The molecule has 4 aromatic rings. The smallest absolute Gasteiger partial charge is 0.326 e. The van der Waals surface area contributed by atoms with Crippen LogP contribution in [0.25, 0.3) is 0 Å². The van der Waals surface area contributed by atoms with Gasteiger partial charge < -0.3 is 20.1 Å². The van der Waals surface area contributed by atoms with Gasteiger partial charge in [0.1, 0.15) is 17.6 Å². The third-order valence-electron chi connectivity index (χ3n) is 6.58. The molecule has 1 amide bonds. The van der Waals surface area contributed by atoms with Gasteiger partial charge in [-0.2, -0.15) is 0 Å². The van der Waals surface area contributed by atoms with E-state index in [4.69, 9.17) is 4.74 Å². The van der Waals surface area contributed by atoms with Crippen molar-refractivity contribution in [3.8, 4) is 5.75 Å². The van der Waals surface area contributed by atoms with Crippen LogP contribution in [-0.2, 0) is 16.0 Å². The monoisotopic (exact) mass is 566 g/mol. The first kappa shape index (κ1) is 29.7. The molecule has 4 rings (SSSR count). The Hall–Kier alpha value is -5.24. The van der Waals surface area contributed by atoms with Crippen LogP contribution < -0.4 is 15.0 Å². The molecule has 0 aromatic heterocycles. The predicted molar refractivity (Wildman–Crippen MR) is 161 cm³/mol. The van der Waals surface area contributed by atoms with Gasteiger partial charge in [-0.25, -0.2) is 9.18 Å². The van der Waals surface area contributed by atoms with E-state index < -0.39 is 23.7 Å². The number of ether oxygens (including phenoxy) is 1. The number of carbonyl (C=O) groups excluding carboxylic acids is 2. The highest BCUT2D eigenvalue weighted by molar-refractivity contribution is 6.12. The number of hydrogen-bond acceptors (Lipinski definition) is 5. The van der Waals surface area contributed by atoms with E-state index in [9.17, 15) is 23.9 Å². The fourth-order valence-electron chi connectivity index (χ4n) is 4.44. The molecule has 1 unspecified atom stereocenters. The Kier molecular flexibility index (Phi) is 10.2. The van der Waals surface area contributed by atoms with Crippen LogP contribution in [0.5, 0.6) is 5.75 Å². The number of ketones is 1. The van der Waals surface area contributed by atoms with Gasteiger partial charge in [-0.1, -0.05) is 73.3 Å². The van der Waals surface area contributed by atoms with Crippen molar-refractivity contribution in [2.75, 3.05) is 23.4 Å². The number of aliphatic carboxylic acids is 1. The third kappa shape index (κ3) is 7.69. The number of hydrogen-bond donors (Lipinski definition) is 2. The molecule has 0 saturated carbocycles. The zero-order chi connectivity index (χ0) is 29.9. The summed E-state index contributed by atoms with van der Waals surface area (Å²) in [6, 6.07) is 27.8. The molecule has 0 spiro atoms. The number of amides is 1. The van der Waals surface area contributed by atoms with Crippen LogP contribution in [0.4, 0.5) is 15.8 Å². The topological polar surface area (TPSA) is 95.9 Å². The predicted octanol–water partition coefficient (Wildman–Crippen LogP) is 6.15. The number of benzene rings is 4. The summed E-state index contributed by atoms with van der Waals surface area (Å²) in [4.78, 5) is 38.8. The van der Waals surface area contributed by atoms with Crippen LogP contribution in [-0.4, -0.2) is 42.0 Å². The second kappa shape index (κ2) is 14.4. The molecule has 0 aliphatic rings. The lowest BCUT2D eigenvalue weighted by Gasteiger charge is -2.22. The first-order valence-corrected chi connectivity index (χ1v) is 13.5. The van der Waals surface area contributed by atoms with Crippen molar-refractivity contribution in [3.05, 3.63) is 138 Å². The summed E-state index contributed by atoms with van der Waals surface area (Å²) in [6.45, 7) is 4.02. The fourth-order valence-corrected chi connectivity index (χ4v) is 4.44. The summed E-state index contributed by atoms with van der Waals surface area (Å²) in [7, 11) is 0. The Bertz CT molecular complexity index is 1540. The highest BCUT2D eigenvalue weighted by Gasteiger charge is 2.21. The first-order valence-electron chi connectivity index (χ1n) is 13.5. The molecule has 0 aliphatic heterocycles. The zero-order valence-corrected chi connectivity index (χ0v) is 22.9. The van der Waals surface area contributed by atoms with Crippen LogP contribution in [0.15, 0.2) is 116 Å². The van der Waals surface area contributed by atoms with Gasteiger partial charge in [-0.3, -0.25) is 9.59 Å². The lowest BCUT2D eigenvalue weighted by molar-refractivity contribution is -0.137. The van der Waals surface area contributed by atoms with Crippen LogP contribution in [0.1, 0.15) is 27.9 Å². The molecular formula is C34H31FN2O5. The largest absolute Gasteiger partial charge is 0.494 e. The van der Waals surface area contributed by atoms with Gasteiger partial charge >= 0.3 is 5.97 Å². The molecule has 4 aromatic carbocycles. The van der Waals surface area contributed by atoms with Crippen molar-refractivity contribution in [2.24, 2.45) is 0 Å². The minimum atomic E-state index is -1.05. The van der Waals surface area contributed by atoms with Gasteiger partial charge in [0.25, 0.3) is 0 Å². The maximum absolute atomic E-state index is 14.2. The van der Waals surface area contributed by atoms with Crippen LogP contribution in [0, 0.1) is 5.82 Å². The summed E-state index contributed by atoms with van der Waals surface area (Å²) in [6.07, 6.45) is 1.76. The number of rotatable bonds is 14. The van der Waals surface area contributed by atoms with E-state index in [1.165, 1.54) is 17.0 Å². The molecule has 0 aliphatic carbocycles. The number of carbonyl (C=O) groups is 3. The molecule has 7 nitrogen and oxygen atoms in total. The molecule has 0 heterocycles. The molecule has 0 bridgehead atoms. The molecular weight excluding hydrogens is 535 g/mol. The zero-order valence-electron chi connectivity index (χ0n) is 22.9. The van der Waals surface area contributed by atoms with Crippen LogP contribution in [0.2, 0.25) is 0 Å². The Morgan fingerprint density at radius 3 is 2.26 bits per heavy atom. The highest BCUT2D eigenvalue weighted by Crippen LogP contribution is 2.23.